The van der Waals surface area contributed by atoms with Crippen LogP contribution < -0.4 is 15.5 Å². The predicted molar refractivity (Wildman–Crippen MR) is 107 cm³/mol. The lowest BCUT2D eigenvalue weighted by Gasteiger charge is -2.18. The van der Waals surface area contributed by atoms with E-state index in [9.17, 15) is 24.5 Å². The Morgan fingerprint density at radius 3 is 2.62 bits per heavy atom. The van der Waals surface area contributed by atoms with Gasteiger partial charge in [-0.15, -0.1) is 0 Å². The third-order valence-electron chi connectivity index (χ3n) is 4.56. The van der Waals surface area contributed by atoms with E-state index in [0.717, 1.165) is 12.5 Å². The lowest BCUT2D eigenvalue weighted by atomic mass is 10.1. The zero-order valence-electron chi connectivity index (χ0n) is 15.8. The maximum absolute atomic E-state index is 12.4. The second-order valence-corrected chi connectivity index (χ2v) is 6.69. The fraction of sp³-hybridized carbons (Fsp3) is 0.250. The number of rotatable bonds is 6. The number of carbonyl (C=O) groups is 3. The molecular formula is C20H20N4O5. The first kappa shape index (κ1) is 20.0. The van der Waals surface area contributed by atoms with Crippen LogP contribution in [0.2, 0.25) is 0 Å². The highest BCUT2D eigenvalue weighted by molar-refractivity contribution is 6.02. The number of amides is 3. The summed E-state index contributed by atoms with van der Waals surface area (Å²) in [5, 5.41) is 16.1. The Kier molecular flexibility index (Phi) is 5.87. The molecule has 9 nitrogen and oxygen atoms in total. The number of nitrogens with one attached hydrogen (secondary N) is 2. The minimum atomic E-state index is -0.876. The standard InChI is InChI=1S/C20H20N4O5/c1-13(21-20(27)14-5-2-8-17(11-14)24(28)29)19(26)22-15-6-3-7-16(12-15)23-10-4-9-18(23)25/h2-3,5-8,11-13H,4,9-10H2,1H3,(H,21,27)(H,22,26)/t13-/m0/s1. The Hall–Kier alpha value is -3.75. The van der Waals surface area contributed by atoms with Crippen LogP contribution in [-0.2, 0) is 9.59 Å². The fourth-order valence-corrected chi connectivity index (χ4v) is 3.03. The van der Waals surface area contributed by atoms with Gasteiger partial charge in [-0.2, -0.15) is 0 Å². The van der Waals surface area contributed by atoms with Crippen molar-refractivity contribution in [1.29, 1.82) is 0 Å². The summed E-state index contributed by atoms with van der Waals surface area (Å²) in [5.41, 5.74) is 1.10. The molecule has 0 bridgehead atoms. The summed E-state index contributed by atoms with van der Waals surface area (Å²) in [6, 6.07) is 11.3. The molecule has 2 aromatic rings. The number of anilines is 2. The van der Waals surface area contributed by atoms with Crippen LogP contribution in [0.4, 0.5) is 17.1 Å². The topological polar surface area (TPSA) is 122 Å². The van der Waals surface area contributed by atoms with Gasteiger partial charge >= 0.3 is 0 Å². The van der Waals surface area contributed by atoms with Crippen molar-refractivity contribution in [1.82, 2.24) is 5.32 Å². The zero-order valence-corrected chi connectivity index (χ0v) is 15.8. The molecule has 0 saturated carbocycles. The molecule has 3 amide bonds. The Labute approximate surface area is 166 Å². The number of benzene rings is 2. The molecule has 150 valence electrons. The van der Waals surface area contributed by atoms with Crippen molar-refractivity contribution in [2.45, 2.75) is 25.8 Å². The van der Waals surface area contributed by atoms with Gasteiger partial charge in [0.15, 0.2) is 0 Å². The maximum Gasteiger partial charge on any atom is 0.270 e. The van der Waals surface area contributed by atoms with Gasteiger partial charge in [-0.1, -0.05) is 12.1 Å². The summed E-state index contributed by atoms with van der Waals surface area (Å²) in [4.78, 5) is 48.5. The first-order valence-electron chi connectivity index (χ1n) is 9.12. The number of non-ortho nitro benzene ring substituents is 1. The van der Waals surface area contributed by atoms with Crippen LogP contribution in [-0.4, -0.2) is 35.2 Å². The molecule has 1 atom stereocenters. The van der Waals surface area contributed by atoms with Crippen LogP contribution in [0.25, 0.3) is 0 Å². The van der Waals surface area contributed by atoms with E-state index in [-0.39, 0.29) is 17.2 Å². The summed E-state index contributed by atoms with van der Waals surface area (Å²) in [5.74, 6) is -0.993. The van der Waals surface area contributed by atoms with Crippen LogP contribution in [0.1, 0.15) is 30.1 Å². The van der Waals surface area contributed by atoms with Gasteiger partial charge < -0.3 is 15.5 Å². The second kappa shape index (κ2) is 8.51. The SMILES string of the molecule is C[C@H](NC(=O)c1cccc([N+](=O)[O-])c1)C(=O)Nc1cccc(N2CCCC2=O)c1. The highest BCUT2D eigenvalue weighted by Crippen LogP contribution is 2.24. The Morgan fingerprint density at radius 2 is 1.93 bits per heavy atom. The van der Waals surface area contributed by atoms with Gasteiger partial charge in [0.25, 0.3) is 11.6 Å². The van der Waals surface area contributed by atoms with Crippen molar-refractivity contribution in [2.24, 2.45) is 0 Å². The van der Waals surface area contributed by atoms with Crippen molar-refractivity contribution >= 4 is 34.8 Å². The minimum Gasteiger partial charge on any atom is -0.341 e. The molecule has 1 aliphatic heterocycles. The van der Waals surface area contributed by atoms with Gasteiger partial charge in [0, 0.05) is 42.0 Å². The third kappa shape index (κ3) is 4.75. The Balaban J connectivity index is 1.63. The summed E-state index contributed by atoms with van der Waals surface area (Å²) in [6.45, 7) is 2.16. The molecule has 9 heteroatoms. The summed E-state index contributed by atoms with van der Waals surface area (Å²) in [7, 11) is 0. The monoisotopic (exact) mass is 396 g/mol. The van der Waals surface area contributed by atoms with Crippen LogP contribution in [0.3, 0.4) is 0 Å². The van der Waals surface area contributed by atoms with E-state index in [1.807, 2.05) is 0 Å². The molecule has 0 aliphatic carbocycles. The normalized spacial score (nSPS) is 14.4. The van der Waals surface area contributed by atoms with Gasteiger partial charge in [0.05, 0.1) is 4.92 Å². The summed E-state index contributed by atoms with van der Waals surface area (Å²) >= 11 is 0. The molecule has 1 aliphatic rings. The molecular weight excluding hydrogens is 376 g/mol. The number of nitro groups is 1. The van der Waals surface area contributed by atoms with E-state index in [1.165, 1.54) is 25.1 Å². The summed E-state index contributed by atoms with van der Waals surface area (Å²) < 4.78 is 0. The van der Waals surface area contributed by atoms with E-state index in [2.05, 4.69) is 10.6 Å². The van der Waals surface area contributed by atoms with Crippen molar-refractivity contribution in [3.63, 3.8) is 0 Å². The molecule has 2 aromatic carbocycles. The molecule has 3 rings (SSSR count). The predicted octanol–water partition coefficient (Wildman–Crippen LogP) is 2.48. The van der Waals surface area contributed by atoms with E-state index in [1.54, 1.807) is 29.2 Å². The van der Waals surface area contributed by atoms with Crippen molar-refractivity contribution in [2.75, 3.05) is 16.8 Å². The molecule has 0 spiro atoms. The molecule has 0 radical (unpaired) electrons. The number of carbonyl (C=O) groups excluding carboxylic acids is 3. The largest absolute Gasteiger partial charge is 0.341 e. The van der Waals surface area contributed by atoms with E-state index >= 15 is 0 Å². The zero-order chi connectivity index (χ0) is 21.0. The highest BCUT2D eigenvalue weighted by atomic mass is 16.6. The molecule has 0 unspecified atom stereocenters. The first-order chi connectivity index (χ1) is 13.8. The Bertz CT molecular complexity index is 975. The molecule has 2 N–H and O–H groups in total. The van der Waals surface area contributed by atoms with Crippen LogP contribution >= 0.6 is 0 Å². The minimum absolute atomic E-state index is 0.0473. The average molecular weight is 396 g/mol. The van der Waals surface area contributed by atoms with Crippen molar-refractivity contribution in [3.8, 4) is 0 Å². The maximum atomic E-state index is 12.4. The lowest BCUT2D eigenvalue weighted by molar-refractivity contribution is -0.384. The van der Waals surface area contributed by atoms with Gasteiger partial charge in [0.2, 0.25) is 11.8 Å². The molecule has 1 fully saturated rings. The second-order valence-electron chi connectivity index (χ2n) is 6.69. The van der Waals surface area contributed by atoms with Gasteiger partial charge in [0.1, 0.15) is 6.04 Å². The smallest absolute Gasteiger partial charge is 0.270 e. The average Bonchev–Trinajstić information content (AvgIpc) is 3.14. The highest BCUT2D eigenvalue weighted by Gasteiger charge is 2.22. The number of hydrogen-bond donors (Lipinski definition) is 2. The Morgan fingerprint density at radius 1 is 1.17 bits per heavy atom. The van der Waals surface area contributed by atoms with Gasteiger partial charge in [-0.3, -0.25) is 24.5 Å². The molecule has 29 heavy (non-hydrogen) atoms. The first-order valence-corrected chi connectivity index (χ1v) is 9.12. The molecule has 1 saturated heterocycles. The molecule has 0 aromatic heterocycles. The number of nitrogens with zero attached hydrogens (tertiary/aromatic N) is 2. The van der Waals surface area contributed by atoms with Gasteiger partial charge in [-0.25, -0.2) is 0 Å². The summed E-state index contributed by atoms with van der Waals surface area (Å²) in [6.07, 6.45) is 1.31. The quantitative estimate of drug-likeness (QED) is 0.574. The van der Waals surface area contributed by atoms with Crippen LogP contribution in [0, 0.1) is 10.1 Å². The van der Waals surface area contributed by atoms with Crippen molar-refractivity contribution in [3.05, 3.63) is 64.2 Å². The number of nitro benzene ring substituents is 1. The van der Waals surface area contributed by atoms with Gasteiger partial charge in [-0.05, 0) is 37.6 Å². The van der Waals surface area contributed by atoms with Crippen LogP contribution in [0.5, 0.6) is 0 Å². The fourth-order valence-electron chi connectivity index (χ4n) is 3.03. The van der Waals surface area contributed by atoms with E-state index in [4.69, 9.17) is 0 Å². The molecule has 1 heterocycles. The van der Waals surface area contributed by atoms with Crippen molar-refractivity contribution < 1.29 is 19.3 Å². The third-order valence-corrected chi connectivity index (χ3v) is 4.56. The van der Waals surface area contributed by atoms with Crippen LogP contribution in [0.15, 0.2) is 48.5 Å². The number of hydrogen-bond acceptors (Lipinski definition) is 5. The van der Waals surface area contributed by atoms with E-state index < -0.39 is 22.8 Å². The van der Waals surface area contributed by atoms with E-state index in [0.29, 0.717) is 24.3 Å². The lowest BCUT2D eigenvalue weighted by Crippen LogP contribution is -2.41.